The molecule has 4 nitrogen and oxygen atoms in total. The summed E-state index contributed by atoms with van der Waals surface area (Å²) in [6.07, 6.45) is 1.22. The maximum Gasteiger partial charge on any atom is 0.367 e. The Bertz CT molecular complexity index is 428. The molecule has 1 rings (SSSR count). The van der Waals surface area contributed by atoms with Crippen molar-refractivity contribution in [1.82, 2.24) is 0 Å². The van der Waals surface area contributed by atoms with E-state index < -0.39 is 14.5 Å². The van der Waals surface area contributed by atoms with Gasteiger partial charge in [-0.3, -0.25) is 0 Å². The van der Waals surface area contributed by atoms with Crippen molar-refractivity contribution in [2.24, 2.45) is 0 Å². The van der Waals surface area contributed by atoms with Gasteiger partial charge in [-0.05, 0) is 31.0 Å². The number of carbonyl (C=O) groups excluding carboxylic acids is 1. The highest BCUT2D eigenvalue weighted by molar-refractivity contribution is 6.78. The zero-order chi connectivity index (χ0) is 14.3. The molecule has 0 aliphatic carbocycles. The van der Waals surface area contributed by atoms with Crippen LogP contribution >= 0.6 is 0 Å². The average Bonchev–Trinajstić information content (AvgIpc) is 2.39. The number of ether oxygens (including phenoxy) is 1. The number of benzene rings is 1. The minimum Gasteiger partial charge on any atom is -0.462 e. The van der Waals surface area contributed by atoms with Gasteiger partial charge in [0.2, 0.25) is 0 Å². The van der Waals surface area contributed by atoms with Gasteiger partial charge in [0.15, 0.2) is 0 Å². The Morgan fingerprint density at radius 2 is 1.89 bits per heavy atom. The van der Waals surface area contributed by atoms with Crippen LogP contribution in [0.3, 0.4) is 0 Å². The lowest BCUT2D eigenvalue weighted by Crippen LogP contribution is -2.48. The summed E-state index contributed by atoms with van der Waals surface area (Å²) in [5.41, 5.74) is 0.373. The van der Waals surface area contributed by atoms with Gasteiger partial charge in [-0.1, -0.05) is 36.9 Å². The van der Waals surface area contributed by atoms with Crippen molar-refractivity contribution < 1.29 is 19.1 Å². The highest BCUT2D eigenvalue weighted by Crippen LogP contribution is 2.09. The normalized spacial score (nSPS) is 11.1. The minimum atomic E-state index is -3.34. The lowest BCUT2D eigenvalue weighted by molar-refractivity contribution is -0.139. The van der Waals surface area contributed by atoms with Crippen LogP contribution < -0.4 is 5.19 Å². The van der Waals surface area contributed by atoms with Gasteiger partial charge in [0.1, 0.15) is 0 Å². The molecular formula is C14H20O4Si. The molecule has 0 heterocycles. The van der Waals surface area contributed by atoms with Crippen LogP contribution in [0.15, 0.2) is 42.5 Å². The van der Waals surface area contributed by atoms with Gasteiger partial charge in [0.25, 0.3) is 0 Å². The molecule has 1 aromatic rings. The fourth-order valence-electron chi connectivity index (χ4n) is 1.61. The number of unbranched alkanes of at least 4 members (excludes halogenated alkanes) is 1. The van der Waals surface area contributed by atoms with Crippen LogP contribution in [0, 0.1) is 0 Å². The summed E-state index contributed by atoms with van der Waals surface area (Å²) in [7, 11) is -3.34. The molecule has 0 unspecified atom stereocenters. The van der Waals surface area contributed by atoms with Crippen molar-refractivity contribution in [2.45, 2.75) is 25.8 Å². The first-order valence-electron chi connectivity index (χ1n) is 6.26. The van der Waals surface area contributed by atoms with E-state index in [2.05, 4.69) is 6.58 Å². The van der Waals surface area contributed by atoms with Crippen molar-refractivity contribution in [1.29, 1.82) is 0 Å². The van der Waals surface area contributed by atoms with Crippen LogP contribution in [-0.4, -0.2) is 30.7 Å². The first-order chi connectivity index (χ1) is 8.93. The van der Waals surface area contributed by atoms with Crippen LogP contribution in [0.25, 0.3) is 0 Å². The lowest BCUT2D eigenvalue weighted by Gasteiger charge is -2.17. The quantitative estimate of drug-likeness (QED) is 0.341. The molecule has 0 fully saturated rings. The molecule has 0 radical (unpaired) electrons. The summed E-state index contributed by atoms with van der Waals surface area (Å²) >= 11 is 0. The largest absolute Gasteiger partial charge is 0.462 e. The Balaban J connectivity index is 2.29. The van der Waals surface area contributed by atoms with Gasteiger partial charge in [0.05, 0.1) is 6.61 Å². The number of hydrogen-bond acceptors (Lipinski definition) is 4. The van der Waals surface area contributed by atoms with E-state index in [0.717, 1.165) is 0 Å². The molecule has 0 aliphatic rings. The average molecular weight is 280 g/mol. The molecule has 0 saturated heterocycles. The first kappa shape index (κ1) is 15.6. The fourth-order valence-corrected chi connectivity index (χ4v) is 3.37. The van der Waals surface area contributed by atoms with Crippen LogP contribution in [0.2, 0.25) is 6.04 Å². The summed E-state index contributed by atoms with van der Waals surface area (Å²) in [5, 5.41) is 0.605. The van der Waals surface area contributed by atoms with Crippen LogP contribution in [0.5, 0.6) is 0 Å². The van der Waals surface area contributed by atoms with E-state index in [-0.39, 0.29) is 6.61 Å². The molecule has 0 amide bonds. The fraction of sp³-hybridized carbons (Fsp3) is 0.357. The second-order valence-corrected chi connectivity index (χ2v) is 7.27. The number of rotatable bonds is 7. The van der Waals surface area contributed by atoms with E-state index in [0.29, 0.717) is 29.6 Å². The van der Waals surface area contributed by atoms with E-state index in [1.807, 2.05) is 6.07 Å². The summed E-state index contributed by atoms with van der Waals surface area (Å²) in [6.45, 7) is 5.36. The molecule has 0 atom stereocenters. The topological polar surface area (TPSA) is 66.8 Å². The Labute approximate surface area is 114 Å². The Morgan fingerprint density at radius 1 is 1.26 bits per heavy atom. The van der Waals surface area contributed by atoms with Gasteiger partial charge >= 0.3 is 14.5 Å². The second-order valence-electron chi connectivity index (χ2n) is 4.56. The number of carbonyl (C=O) groups is 1. The maximum atomic E-state index is 11.1. The van der Waals surface area contributed by atoms with E-state index in [9.17, 15) is 14.4 Å². The summed E-state index contributed by atoms with van der Waals surface area (Å²) < 4.78 is 4.94. The van der Waals surface area contributed by atoms with E-state index >= 15 is 0 Å². The Hall–Kier alpha value is -1.43. The van der Waals surface area contributed by atoms with Crippen LogP contribution in [0.1, 0.15) is 19.8 Å². The van der Waals surface area contributed by atoms with Gasteiger partial charge < -0.3 is 14.3 Å². The SMILES string of the molecule is C=C(C)C(=O)OCCCC[Si](O)(O)c1ccccc1. The third-order valence-corrected chi connectivity index (χ3v) is 5.05. The van der Waals surface area contributed by atoms with Gasteiger partial charge in [0, 0.05) is 5.57 Å². The molecule has 5 heteroatoms. The molecule has 0 aliphatic heterocycles. The van der Waals surface area contributed by atoms with Crippen LogP contribution in [-0.2, 0) is 9.53 Å². The second kappa shape index (κ2) is 7.23. The summed E-state index contributed by atoms with van der Waals surface area (Å²) in [5.74, 6) is -0.403. The molecule has 0 aromatic heterocycles. The van der Waals surface area contributed by atoms with Crippen molar-refractivity contribution in [3.8, 4) is 0 Å². The lowest BCUT2D eigenvalue weighted by atomic mass is 10.3. The third-order valence-electron chi connectivity index (χ3n) is 2.74. The summed E-state index contributed by atoms with van der Waals surface area (Å²) in [4.78, 5) is 31.2. The zero-order valence-corrected chi connectivity index (χ0v) is 12.1. The Kier molecular flexibility index (Phi) is 5.94. The number of hydrogen-bond donors (Lipinski definition) is 2. The third kappa shape index (κ3) is 5.38. The predicted molar refractivity (Wildman–Crippen MR) is 76.1 cm³/mol. The van der Waals surface area contributed by atoms with Gasteiger partial charge in [-0.15, -0.1) is 0 Å². The van der Waals surface area contributed by atoms with Crippen molar-refractivity contribution in [3.05, 3.63) is 42.5 Å². The predicted octanol–water partition coefficient (Wildman–Crippen LogP) is 1.22. The highest BCUT2D eigenvalue weighted by Gasteiger charge is 2.30. The molecule has 19 heavy (non-hydrogen) atoms. The van der Waals surface area contributed by atoms with Crippen molar-refractivity contribution >= 4 is 19.7 Å². The van der Waals surface area contributed by atoms with Crippen LogP contribution in [0.4, 0.5) is 0 Å². The van der Waals surface area contributed by atoms with Crippen molar-refractivity contribution in [2.75, 3.05) is 6.61 Å². The first-order valence-corrected chi connectivity index (χ1v) is 8.36. The molecule has 104 valence electrons. The number of esters is 1. The minimum absolute atomic E-state index is 0.283. The molecule has 0 saturated carbocycles. The zero-order valence-electron chi connectivity index (χ0n) is 11.1. The van der Waals surface area contributed by atoms with Gasteiger partial charge in [-0.2, -0.15) is 0 Å². The monoisotopic (exact) mass is 280 g/mol. The van der Waals surface area contributed by atoms with E-state index in [1.165, 1.54) is 0 Å². The smallest absolute Gasteiger partial charge is 0.367 e. The van der Waals surface area contributed by atoms with E-state index in [4.69, 9.17) is 4.74 Å². The molecule has 0 bridgehead atoms. The van der Waals surface area contributed by atoms with Gasteiger partial charge in [-0.25, -0.2) is 4.79 Å². The molecular weight excluding hydrogens is 260 g/mol. The highest BCUT2D eigenvalue weighted by atomic mass is 28.4. The Morgan fingerprint density at radius 3 is 2.47 bits per heavy atom. The summed E-state index contributed by atoms with van der Waals surface area (Å²) in [6, 6.07) is 9.21. The molecule has 1 aromatic carbocycles. The molecule has 0 spiro atoms. The van der Waals surface area contributed by atoms with E-state index in [1.54, 1.807) is 31.2 Å². The maximum absolute atomic E-state index is 11.1. The standard InChI is InChI=1S/C14H20O4Si/c1-12(2)14(15)18-10-6-7-11-19(16,17)13-8-4-3-5-9-13/h3-5,8-9,16-17H,1,6-7,10-11H2,2H3. The molecule has 2 N–H and O–H groups in total. The van der Waals surface area contributed by atoms with Crippen molar-refractivity contribution in [3.63, 3.8) is 0 Å².